The number of anilines is 1. The molecule has 1 aromatic carbocycles. The molecule has 0 spiro atoms. The lowest BCUT2D eigenvalue weighted by atomic mass is 10.2. The van der Waals surface area contributed by atoms with Crippen molar-refractivity contribution >= 4 is 35.6 Å². The van der Waals surface area contributed by atoms with E-state index in [9.17, 15) is 0 Å². The first kappa shape index (κ1) is 21.3. The summed E-state index contributed by atoms with van der Waals surface area (Å²) in [4.78, 5) is 9.50. The lowest BCUT2D eigenvalue weighted by Crippen LogP contribution is -2.52. The monoisotopic (exact) mass is 484 g/mol. The van der Waals surface area contributed by atoms with Crippen LogP contribution in [-0.2, 0) is 6.54 Å². The Morgan fingerprint density at radius 3 is 2.70 bits per heavy atom. The largest absolute Gasteiger partial charge is 0.497 e. The molecule has 1 saturated heterocycles. The number of guanidine groups is 1. The van der Waals surface area contributed by atoms with Crippen molar-refractivity contribution in [3.8, 4) is 5.75 Å². The smallest absolute Gasteiger partial charge is 0.194 e. The first-order chi connectivity index (χ1) is 12.8. The molecule has 0 atom stereocenters. The minimum Gasteiger partial charge on any atom is -0.497 e. The molecule has 0 radical (unpaired) electrons. The fraction of sp³-hybridized carbons (Fsp3) is 0.474. The summed E-state index contributed by atoms with van der Waals surface area (Å²) in [5, 5.41) is 7.64. The van der Waals surface area contributed by atoms with Gasteiger partial charge in [-0.05, 0) is 25.1 Å². The molecule has 0 saturated carbocycles. The molecule has 1 aliphatic heterocycles. The fourth-order valence-electron chi connectivity index (χ4n) is 3.10. The van der Waals surface area contributed by atoms with Crippen LogP contribution in [0.1, 0.15) is 6.92 Å². The van der Waals surface area contributed by atoms with Crippen molar-refractivity contribution in [1.82, 2.24) is 20.0 Å². The maximum absolute atomic E-state index is 5.34. The number of nitrogens with zero attached hydrogens (tertiary/aromatic N) is 5. The molecular weight excluding hydrogens is 455 g/mol. The van der Waals surface area contributed by atoms with Crippen molar-refractivity contribution < 1.29 is 4.74 Å². The number of ether oxygens (including phenoxy) is 1. The first-order valence-electron chi connectivity index (χ1n) is 9.20. The molecular formula is C19H29IN6O. The van der Waals surface area contributed by atoms with Gasteiger partial charge in [-0.2, -0.15) is 5.10 Å². The van der Waals surface area contributed by atoms with Gasteiger partial charge in [-0.25, -0.2) is 0 Å². The quantitative estimate of drug-likeness (QED) is 0.388. The lowest BCUT2D eigenvalue weighted by molar-refractivity contribution is 0.371. The van der Waals surface area contributed by atoms with E-state index in [0.29, 0.717) is 0 Å². The Bertz CT molecular complexity index is 698. The molecule has 0 amide bonds. The minimum atomic E-state index is 0. The van der Waals surface area contributed by atoms with Gasteiger partial charge >= 0.3 is 0 Å². The minimum absolute atomic E-state index is 0. The summed E-state index contributed by atoms with van der Waals surface area (Å²) in [5.74, 6) is 1.89. The Morgan fingerprint density at radius 1 is 1.22 bits per heavy atom. The zero-order valence-corrected chi connectivity index (χ0v) is 18.4. The zero-order valence-electron chi connectivity index (χ0n) is 16.0. The molecule has 1 aromatic heterocycles. The standard InChI is InChI=1S/C19H28N6O.HI/c1-3-20-19(21-9-11-25-10-5-8-22-25)24-14-12-23(13-15-24)17-6-4-7-18(16-17)26-2;/h4-8,10,16H,3,9,11-15H2,1-2H3,(H,20,21);1H. The third-order valence-electron chi connectivity index (χ3n) is 4.48. The second-order valence-corrected chi connectivity index (χ2v) is 6.18. The second kappa shape index (κ2) is 11.0. The highest BCUT2D eigenvalue weighted by Gasteiger charge is 2.20. The molecule has 7 nitrogen and oxygen atoms in total. The third-order valence-corrected chi connectivity index (χ3v) is 4.48. The molecule has 148 valence electrons. The van der Waals surface area contributed by atoms with E-state index in [2.05, 4.69) is 39.3 Å². The van der Waals surface area contributed by atoms with E-state index in [1.807, 2.05) is 29.1 Å². The molecule has 0 unspecified atom stereocenters. The number of aromatic nitrogens is 2. The number of methoxy groups -OCH3 is 1. The van der Waals surface area contributed by atoms with Crippen LogP contribution in [-0.4, -0.2) is 67.0 Å². The van der Waals surface area contributed by atoms with Gasteiger partial charge < -0.3 is 19.9 Å². The van der Waals surface area contributed by atoms with E-state index in [0.717, 1.165) is 57.5 Å². The number of hydrogen-bond acceptors (Lipinski definition) is 4. The number of piperazine rings is 1. The number of halogens is 1. The maximum atomic E-state index is 5.34. The van der Waals surface area contributed by atoms with Gasteiger partial charge in [0.15, 0.2) is 5.96 Å². The normalized spacial score (nSPS) is 14.7. The SMILES string of the molecule is CCNC(=NCCn1cccn1)N1CCN(c2cccc(OC)c2)CC1.I. The van der Waals surface area contributed by atoms with Gasteiger partial charge in [-0.15, -0.1) is 24.0 Å². The highest BCUT2D eigenvalue weighted by atomic mass is 127. The van der Waals surface area contributed by atoms with E-state index >= 15 is 0 Å². The Balaban J connectivity index is 0.00000261. The topological polar surface area (TPSA) is 57.9 Å². The molecule has 2 aromatic rings. The van der Waals surface area contributed by atoms with Crippen molar-refractivity contribution in [2.24, 2.45) is 4.99 Å². The summed E-state index contributed by atoms with van der Waals surface area (Å²) < 4.78 is 7.25. The summed E-state index contributed by atoms with van der Waals surface area (Å²) in [6.07, 6.45) is 3.77. The summed E-state index contributed by atoms with van der Waals surface area (Å²) >= 11 is 0. The molecule has 1 N–H and O–H groups in total. The Morgan fingerprint density at radius 2 is 2.04 bits per heavy atom. The lowest BCUT2D eigenvalue weighted by Gasteiger charge is -2.37. The van der Waals surface area contributed by atoms with Crippen molar-refractivity contribution in [2.45, 2.75) is 13.5 Å². The summed E-state index contributed by atoms with van der Waals surface area (Å²) in [5.41, 5.74) is 1.21. The fourth-order valence-corrected chi connectivity index (χ4v) is 3.10. The van der Waals surface area contributed by atoms with Gasteiger partial charge in [0.1, 0.15) is 5.75 Å². The van der Waals surface area contributed by atoms with Gasteiger partial charge in [-0.3, -0.25) is 9.67 Å². The number of benzene rings is 1. The molecule has 8 heteroatoms. The van der Waals surface area contributed by atoms with Crippen LogP contribution in [0.15, 0.2) is 47.7 Å². The Kier molecular flexibility index (Phi) is 8.70. The van der Waals surface area contributed by atoms with Crippen LogP contribution in [0, 0.1) is 0 Å². The van der Waals surface area contributed by atoms with Crippen LogP contribution >= 0.6 is 24.0 Å². The zero-order chi connectivity index (χ0) is 18.2. The van der Waals surface area contributed by atoms with Gasteiger partial charge in [0.25, 0.3) is 0 Å². The Labute approximate surface area is 178 Å². The van der Waals surface area contributed by atoms with E-state index in [4.69, 9.17) is 9.73 Å². The van der Waals surface area contributed by atoms with E-state index < -0.39 is 0 Å². The van der Waals surface area contributed by atoms with Crippen LogP contribution in [0.3, 0.4) is 0 Å². The molecule has 0 aliphatic carbocycles. The van der Waals surface area contributed by atoms with Gasteiger partial charge in [0.05, 0.1) is 20.2 Å². The molecule has 1 fully saturated rings. The highest BCUT2D eigenvalue weighted by molar-refractivity contribution is 14.0. The summed E-state index contributed by atoms with van der Waals surface area (Å²) in [7, 11) is 1.71. The van der Waals surface area contributed by atoms with Gasteiger partial charge in [0.2, 0.25) is 0 Å². The van der Waals surface area contributed by atoms with Crippen LogP contribution in [0.4, 0.5) is 5.69 Å². The molecule has 1 aliphatic rings. The first-order valence-corrected chi connectivity index (χ1v) is 9.20. The predicted octanol–water partition coefficient (Wildman–Crippen LogP) is 2.30. The van der Waals surface area contributed by atoms with Crippen molar-refractivity contribution in [2.75, 3.05) is 51.3 Å². The summed E-state index contributed by atoms with van der Waals surface area (Å²) in [6.45, 7) is 8.33. The van der Waals surface area contributed by atoms with E-state index in [1.165, 1.54) is 5.69 Å². The van der Waals surface area contributed by atoms with Crippen molar-refractivity contribution in [3.05, 3.63) is 42.7 Å². The Hall–Kier alpha value is -1.97. The number of hydrogen-bond donors (Lipinski definition) is 1. The molecule has 0 bridgehead atoms. The second-order valence-electron chi connectivity index (χ2n) is 6.18. The van der Waals surface area contributed by atoms with Gasteiger partial charge in [0, 0.05) is 56.9 Å². The molecule has 27 heavy (non-hydrogen) atoms. The predicted molar refractivity (Wildman–Crippen MR) is 120 cm³/mol. The highest BCUT2D eigenvalue weighted by Crippen LogP contribution is 2.22. The van der Waals surface area contributed by atoms with Crippen LogP contribution < -0.4 is 15.0 Å². The van der Waals surface area contributed by atoms with Crippen LogP contribution in [0.2, 0.25) is 0 Å². The van der Waals surface area contributed by atoms with Crippen LogP contribution in [0.25, 0.3) is 0 Å². The van der Waals surface area contributed by atoms with Crippen molar-refractivity contribution in [3.63, 3.8) is 0 Å². The molecule has 2 heterocycles. The molecule has 3 rings (SSSR count). The maximum Gasteiger partial charge on any atom is 0.194 e. The third kappa shape index (κ3) is 6.02. The number of nitrogens with one attached hydrogen (secondary N) is 1. The average molecular weight is 484 g/mol. The summed E-state index contributed by atoms with van der Waals surface area (Å²) in [6, 6.07) is 10.2. The average Bonchev–Trinajstić information content (AvgIpc) is 3.21. The van der Waals surface area contributed by atoms with E-state index in [1.54, 1.807) is 13.3 Å². The number of aliphatic imine (C=N–C) groups is 1. The van der Waals surface area contributed by atoms with E-state index in [-0.39, 0.29) is 24.0 Å². The van der Waals surface area contributed by atoms with Crippen LogP contribution in [0.5, 0.6) is 5.75 Å². The van der Waals surface area contributed by atoms with Crippen molar-refractivity contribution in [1.29, 1.82) is 0 Å². The number of rotatable bonds is 6. The van der Waals surface area contributed by atoms with Gasteiger partial charge in [-0.1, -0.05) is 6.07 Å².